The van der Waals surface area contributed by atoms with Gasteiger partial charge in [-0.25, -0.2) is 0 Å². The molecule has 5 heteroatoms. The molecule has 0 aliphatic heterocycles. The molecule has 2 aromatic carbocycles. The number of carbonyl (C=O) groups excluding carboxylic acids is 2. The van der Waals surface area contributed by atoms with Gasteiger partial charge in [0.2, 0.25) is 0 Å². The molecule has 2 rings (SSSR count). The maximum absolute atomic E-state index is 12.5. The summed E-state index contributed by atoms with van der Waals surface area (Å²) in [6.45, 7) is 8.10. The topological polar surface area (TPSA) is 62.6 Å². The van der Waals surface area contributed by atoms with Crippen LogP contribution in [0.3, 0.4) is 0 Å². The molecule has 144 valence electrons. The Bertz CT molecular complexity index is 800. The van der Waals surface area contributed by atoms with Crippen LogP contribution in [0.4, 0.5) is 11.4 Å². The molecule has 2 amide bonds. The summed E-state index contributed by atoms with van der Waals surface area (Å²) in [5.41, 5.74) is 4.94. The lowest BCUT2D eigenvalue weighted by atomic mass is 10.1. The Morgan fingerprint density at radius 2 is 1.70 bits per heavy atom. The molecule has 0 bridgehead atoms. The zero-order valence-corrected chi connectivity index (χ0v) is 16.8. The highest BCUT2D eigenvalue weighted by Crippen LogP contribution is 2.16. The standard InChI is InChI=1S/C22H29N3O2/c1-6-18-9-11-19(12-10-18)23-22(27)17(4)25(5)14-21(26)24-20-13-15(2)7-8-16(20)3/h7-13,17H,6,14H2,1-5H3,(H,23,27)(H,24,26)/p+1/t17-/m1/s1. The third-order valence-electron chi connectivity index (χ3n) is 4.87. The van der Waals surface area contributed by atoms with E-state index in [1.807, 2.05) is 70.3 Å². The van der Waals surface area contributed by atoms with E-state index in [9.17, 15) is 9.59 Å². The molecule has 27 heavy (non-hydrogen) atoms. The zero-order chi connectivity index (χ0) is 20.0. The molecule has 0 fully saturated rings. The monoisotopic (exact) mass is 368 g/mol. The average molecular weight is 369 g/mol. The summed E-state index contributed by atoms with van der Waals surface area (Å²) < 4.78 is 0. The van der Waals surface area contributed by atoms with Crippen molar-refractivity contribution in [1.29, 1.82) is 0 Å². The highest BCUT2D eigenvalue weighted by Gasteiger charge is 2.24. The summed E-state index contributed by atoms with van der Waals surface area (Å²) in [4.78, 5) is 25.7. The van der Waals surface area contributed by atoms with Crippen molar-refractivity contribution < 1.29 is 14.5 Å². The van der Waals surface area contributed by atoms with Crippen LogP contribution in [0.2, 0.25) is 0 Å². The Kier molecular flexibility index (Phi) is 7.13. The van der Waals surface area contributed by atoms with Gasteiger partial charge >= 0.3 is 0 Å². The molecule has 2 atom stereocenters. The lowest BCUT2D eigenvalue weighted by Gasteiger charge is -2.21. The van der Waals surface area contributed by atoms with E-state index >= 15 is 0 Å². The molecule has 3 N–H and O–H groups in total. The summed E-state index contributed by atoms with van der Waals surface area (Å²) in [7, 11) is 1.85. The molecule has 0 aliphatic carbocycles. The molecule has 2 aromatic rings. The Balaban J connectivity index is 1.91. The van der Waals surface area contributed by atoms with Crippen molar-refractivity contribution in [3.05, 3.63) is 59.2 Å². The van der Waals surface area contributed by atoms with E-state index in [-0.39, 0.29) is 24.4 Å². The highest BCUT2D eigenvalue weighted by atomic mass is 16.2. The van der Waals surface area contributed by atoms with Crippen LogP contribution in [-0.2, 0) is 16.0 Å². The van der Waals surface area contributed by atoms with Crippen molar-refractivity contribution >= 4 is 23.2 Å². The van der Waals surface area contributed by atoms with Gasteiger partial charge < -0.3 is 15.5 Å². The summed E-state index contributed by atoms with van der Waals surface area (Å²) in [5, 5.41) is 5.87. The molecular formula is C22H30N3O2+. The number of carbonyl (C=O) groups is 2. The van der Waals surface area contributed by atoms with Crippen LogP contribution < -0.4 is 15.5 Å². The molecule has 0 aliphatic rings. The van der Waals surface area contributed by atoms with Crippen molar-refractivity contribution in [2.75, 3.05) is 24.2 Å². The van der Waals surface area contributed by atoms with E-state index in [1.54, 1.807) is 0 Å². The first kappa shape index (κ1) is 20.6. The fraction of sp³-hybridized carbons (Fsp3) is 0.364. The van der Waals surface area contributed by atoms with E-state index in [4.69, 9.17) is 0 Å². The van der Waals surface area contributed by atoms with Gasteiger partial charge in [0.15, 0.2) is 12.6 Å². The molecule has 0 spiro atoms. The lowest BCUT2D eigenvalue weighted by Crippen LogP contribution is -3.14. The largest absolute Gasteiger partial charge is 0.321 e. The first-order valence-corrected chi connectivity index (χ1v) is 9.39. The van der Waals surface area contributed by atoms with E-state index in [0.717, 1.165) is 33.8 Å². The van der Waals surface area contributed by atoms with Gasteiger partial charge in [0.1, 0.15) is 0 Å². The van der Waals surface area contributed by atoms with Gasteiger partial charge in [0.25, 0.3) is 11.8 Å². The maximum atomic E-state index is 12.5. The molecule has 0 aromatic heterocycles. The number of nitrogens with one attached hydrogen (secondary N) is 3. The quantitative estimate of drug-likeness (QED) is 0.702. The SMILES string of the molecule is CCc1ccc(NC(=O)[C@@H](C)[NH+](C)CC(=O)Nc2cc(C)ccc2C)cc1. The summed E-state index contributed by atoms with van der Waals surface area (Å²) in [6, 6.07) is 13.4. The second kappa shape index (κ2) is 9.33. The second-order valence-electron chi connectivity index (χ2n) is 7.15. The molecule has 0 radical (unpaired) electrons. The van der Waals surface area contributed by atoms with Crippen LogP contribution in [0, 0.1) is 13.8 Å². The number of rotatable bonds is 7. The van der Waals surface area contributed by atoms with Crippen LogP contribution >= 0.6 is 0 Å². The first-order chi connectivity index (χ1) is 12.8. The van der Waals surface area contributed by atoms with Gasteiger partial charge in [0, 0.05) is 11.4 Å². The van der Waals surface area contributed by atoms with Crippen LogP contribution in [0.5, 0.6) is 0 Å². The van der Waals surface area contributed by atoms with E-state index in [2.05, 4.69) is 17.6 Å². The van der Waals surface area contributed by atoms with Crippen molar-refractivity contribution in [1.82, 2.24) is 0 Å². The van der Waals surface area contributed by atoms with Crippen LogP contribution in [0.1, 0.15) is 30.5 Å². The zero-order valence-electron chi connectivity index (χ0n) is 16.8. The fourth-order valence-electron chi connectivity index (χ4n) is 2.77. The Labute approximate surface area is 161 Å². The second-order valence-corrected chi connectivity index (χ2v) is 7.15. The number of hydrogen-bond acceptors (Lipinski definition) is 2. The van der Waals surface area contributed by atoms with E-state index < -0.39 is 0 Å². The predicted molar refractivity (Wildman–Crippen MR) is 110 cm³/mol. The minimum Gasteiger partial charge on any atom is -0.321 e. The highest BCUT2D eigenvalue weighted by molar-refractivity contribution is 5.94. The molecule has 1 unspecified atom stereocenters. The molecule has 5 nitrogen and oxygen atoms in total. The molecule has 0 saturated heterocycles. The van der Waals surface area contributed by atoms with Crippen LogP contribution in [0.15, 0.2) is 42.5 Å². The average Bonchev–Trinajstić information content (AvgIpc) is 2.64. The first-order valence-electron chi connectivity index (χ1n) is 9.39. The van der Waals surface area contributed by atoms with Crippen molar-refractivity contribution in [2.24, 2.45) is 0 Å². The summed E-state index contributed by atoms with van der Waals surface area (Å²) >= 11 is 0. The van der Waals surface area contributed by atoms with Crippen LogP contribution in [0.25, 0.3) is 0 Å². The number of amides is 2. The number of benzene rings is 2. The van der Waals surface area contributed by atoms with Gasteiger partial charge in [-0.05, 0) is 62.1 Å². The Hall–Kier alpha value is -2.66. The van der Waals surface area contributed by atoms with Gasteiger partial charge in [-0.2, -0.15) is 0 Å². The normalized spacial score (nSPS) is 12.9. The van der Waals surface area contributed by atoms with Crippen molar-refractivity contribution in [2.45, 2.75) is 40.2 Å². The van der Waals surface area contributed by atoms with Gasteiger partial charge in [-0.15, -0.1) is 0 Å². The van der Waals surface area contributed by atoms with Gasteiger partial charge in [-0.3, -0.25) is 9.59 Å². The number of likely N-dealkylation sites (N-methyl/N-ethyl adjacent to an activating group) is 1. The smallest absolute Gasteiger partial charge is 0.282 e. The number of quaternary nitrogens is 1. The number of aryl methyl sites for hydroxylation is 3. The van der Waals surface area contributed by atoms with Crippen molar-refractivity contribution in [3.8, 4) is 0 Å². The molecular weight excluding hydrogens is 338 g/mol. The summed E-state index contributed by atoms with van der Waals surface area (Å²) in [6.07, 6.45) is 0.965. The Morgan fingerprint density at radius 1 is 1.04 bits per heavy atom. The predicted octanol–water partition coefficient (Wildman–Crippen LogP) is 2.35. The van der Waals surface area contributed by atoms with Gasteiger partial charge in [0.05, 0.1) is 7.05 Å². The third kappa shape index (κ3) is 5.93. The van der Waals surface area contributed by atoms with Crippen LogP contribution in [-0.4, -0.2) is 31.4 Å². The number of hydrogen-bond donors (Lipinski definition) is 3. The molecule has 0 saturated carbocycles. The number of anilines is 2. The lowest BCUT2D eigenvalue weighted by molar-refractivity contribution is -0.885. The maximum Gasteiger partial charge on any atom is 0.282 e. The van der Waals surface area contributed by atoms with E-state index in [1.165, 1.54) is 5.56 Å². The fourth-order valence-corrected chi connectivity index (χ4v) is 2.77. The minimum atomic E-state index is -0.347. The van der Waals surface area contributed by atoms with E-state index in [0.29, 0.717) is 0 Å². The molecule has 0 heterocycles. The van der Waals surface area contributed by atoms with Gasteiger partial charge in [-0.1, -0.05) is 31.2 Å². The Morgan fingerprint density at radius 3 is 2.33 bits per heavy atom. The van der Waals surface area contributed by atoms with Crippen molar-refractivity contribution in [3.63, 3.8) is 0 Å². The summed E-state index contributed by atoms with van der Waals surface area (Å²) in [5.74, 6) is -0.204. The third-order valence-corrected chi connectivity index (χ3v) is 4.87. The minimum absolute atomic E-state index is 0.101.